The van der Waals surface area contributed by atoms with E-state index in [0.29, 0.717) is 18.3 Å². The van der Waals surface area contributed by atoms with E-state index in [0.717, 1.165) is 37.7 Å². The molecule has 1 saturated carbocycles. The summed E-state index contributed by atoms with van der Waals surface area (Å²) in [5, 5.41) is 11.2. The van der Waals surface area contributed by atoms with Crippen LogP contribution in [0.2, 0.25) is 0 Å². The topological polar surface area (TPSA) is 82.1 Å². The summed E-state index contributed by atoms with van der Waals surface area (Å²) < 4.78 is 17.3. The SMILES string of the molecule is CCC(OC)C(C)C1CCC1C(O)C(C)C=CC=C(C)C1OC(=O)CC(C)CCC(C)C(OC(C)=O)C=CC1C. The number of hydrogen-bond acceptors (Lipinski definition) is 6. The third-order valence-electron chi connectivity index (χ3n) is 9.38. The number of carbonyl (C=O) groups excluding carboxylic acids is 2. The van der Waals surface area contributed by atoms with E-state index in [1.54, 1.807) is 7.11 Å². The number of cyclic esters (lactones) is 1. The van der Waals surface area contributed by atoms with Crippen molar-refractivity contribution in [3.05, 3.63) is 36.0 Å². The molecule has 6 nitrogen and oxygen atoms in total. The summed E-state index contributed by atoms with van der Waals surface area (Å²) in [5.41, 5.74) is 0.936. The number of aliphatic hydroxyl groups is 1. The molecule has 228 valence electrons. The van der Waals surface area contributed by atoms with Gasteiger partial charge in [0, 0.05) is 32.3 Å². The second kappa shape index (κ2) is 16.5. The van der Waals surface area contributed by atoms with E-state index in [-0.39, 0.29) is 53.7 Å². The fraction of sp³-hybridized carbons (Fsp3) is 0.765. The molecule has 0 aromatic carbocycles. The first-order chi connectivity index (χ1) is 18.9. The number of rotatable bonds is 10. The van der Waals surface area contributed by atoms with Crippen LogP contribution < -0.4 is 0 Å². The highest BCUT2D eigenvalue weighted by Gasteiger charge is 2.42. The number of aliphatic hydroxyl groups excluding tert-OH is 1. The molecule has 40 heavy (non-hydrogen) atoms. The summed E-state index contributed by atoms with van der Waals surface area (Å²) in [6.07, 6.45) is 14.4. The minimum atomic E-state index is -0.426. The highest BCUT2D eigenvalue weighted by atomic mass is 16.5. The molecule has 11 atom stereocenters. The van der Waals surface area contributed by atoms with Gasteiger partial charge in [0.15, 0.2) is 0 Å². The Kier molecular flexibility index (Phi) is 14.1. The van der Waals surface area contributed by atoms with Crippen molar-refractivity contribution in [2.75, 3.05) is 7.11 Å². The minimum Gasteiger partial charge on any atom is -0.458 e. The van der Waals surface area contributed by atoms with Gasteiger partial charge in [-0.05, 0) is 80.3 Å². The standard InChI is InChI=1S/C34H56O6/c1-10-30(38-9)26(7)28-17-18-29(28)33(37)23(4)12-11-13-24(5)34-25(6)16-19-31(39-27(8)35)22(3)15-14-21(2)20-32(36)40-34/h11-13,16,19,21-23,25-26,28-31,33-34,37H,10,14-15,17-18,20H2,1-9H3. The van der Waals surface area contributed by atoms with Crippen LogP contribution in [0.1, 0.15) is 93.9 Å². The zero-order valence-electron chi connectivity index (χ0n) is 26.5. The Bertz CT molecular complexity index is 887. The molecule has 0 amide bonds. The molecule has 6 heteroatoms. The first kappa shape index (κ1) is 34.3. The van der Waals surface area contributed by atoms with Crippen molar-refractivity contribution in [1.82, 2.24) is 0 Å². The van der Waals surface area contributed by atoms with Gasteiger partial charge in [-0.3, -0.25) is 9.59 Å². The summed E-state index contributed by atoms with van der Waals surface area (Å²) in [7, 11) is 1.78. The van der Waals surface area contributed by atoms with Gasteiger partial charge in [-0.15, -0.1) is 0 Å². The quantitative estimate of drug-likeness (QED) is 0.175. The Hall–Kier alpha value is -1.92. The fourth-order valence-electron chi connectivity index (χ4n) is 6.46. The molecule has 0 saturated heterocycles. The van der Waals surface area contributed by atoms with Crippen LogP contribution in [0.5, 0.6) is 0 Å². The van der Waals surface area contributed by atoms with Crippen LogP contribution in [0.4, 0.5) is 0 Å². The predicted molar refractivity (Wildman–Crippen MR) is 160 cm³/mol. The lowest BCUT2D eigenvalue weighted by atomic mass is 9.62. The van der Waals surface area contributed by atoms with Gasteiger partial charge in [-0.1, -0.05) is 65.8 Å². The predicted octanol–water partition coefficient (Wildman–Crippen LogP) is 7.07. The smallest absolute Gasteiger partial charge is 0.306 e. The Balaban J connectivity index is 2.15. The zero-order chi connectivity index (χ0) is 30.0. The second-order valence-electron chi connectivity index (χ2n) is 12.7. The van der Waals surface area contributed by atoms with Crippen molar-refractivity contribution in [2.24, 2.45) is 41.4 Å². The summed E-state index contributed by atoms with van der Waals surface area (Å²) >= 11 is 0. The van der Waals surface area contributed by atoms with Crippen LogP contribution in [0.25, 0.3) is 0 Å². The van der Waals surface area contributed by atoms with Gasteiger partial charge < -0.3 is 19.3 Å². The number of ether oxygens (including phenoxy) is 3. The van der Waals surface area contributed by atoms with Gasteiger partial charge in [-0.2, -0.15) is 0 Å². The number of hydrogen-bond donors (Lipinski definition) is 1. The average Bonchev–Trinajstić information content (AvgIpc) is 2.87. The Morgan fingerprint density at radius 1 is 1.10 bits per heavy atom. The molecule has 1 fully saturated rings. The fourth-order valence-corrected chi connectivity index (χ4v) is 6.46. The highest BCUT2D eigenvalue weighted by molar-refractivity contribution is 5.70. The zero-order valence-corrected chi connectivity index (χ0v) is 26.5. The first-order valence-corrected chi connectivity index (χ1v) is 15.5. The summed E-state index contributed by atoms with van der Waals surface area (Å²) in [5.74, 6) is 0.989. The molecule has 1 aliphatic carbocycles. The van der Waals surface area contributed by atoms with Crippen LogP contribution in [-0.4, -0.2) is 48.6 Å². The molecule has 0 aromatic heterocycles. The maximum absolute atomic E-state index is 12.8. The lowest BCUT2D eigenvalue weighted by molar-refractivity contribution is -0.149. The maximum Gasteiger partial charge on any atom is 0.306 e. The highest BCUT2D eigenvalue weighted by Crippen LogP contribution is 2.45. The number of esters is 2. The van der Waals surface area contributed by atoms with Crippen LogP contribution in [-0.2, 0) is 23.8 Å². The summed E-state index contributed by atoms with van der Waals surface area (Å²) in [6, 6.07) is 0. The second-order valence-corrected chi connectivity index (χ2v) is 12.7. The van der Waals surface area contributed by atoms with Crippen molar-refractivity contribution in [3.8, 4) is 0 Å². The van der Waals surface area contributed by atoms with Crippen LogP contribution in [0.3, 0.4) is 0 Å². The molecular weight excluding hydrogens is 504 g/mol. The number of carbonyl (C=O) groups is 2. The molecule has 0 aromatic rings. The molecule has 1 aliphatic heterocycles. The molecule has 0 spiro atoms. The minimum absolute atomic E-state index is 0.00896. The van der Waals surface area contributed by atoms with E-state index < -0.39 is 12.2 Å². The molecule has 0 bridgehead atoms. The Labute approximate surface area is 243 Å². The van der Waals surface area contributed by atoms with Crippen molar-refractivity contribution >= 4 is 11.9 Å². The molecule has 1 heterocycles. The van der Waals surface area contributed by atoms with Gasteiger partial charge in [0.1, 0.15) is 12.2 Å². The normalized spacial score (nSPS) is 33.6. The van der Waals surface area contributed by atoms with Gasteiger partial charge in [0.2, 0.25) is 0 Å². The Morgan fingerprint density at radius 2 is 1.77 bits per heavy atom. The van der Waals surface area contributed by atoms with Gasteiger partial charge in [0.05, 0.1) is 12.2 Å². The molecule has 2 aliphatic rings. The van der Waals surface area contributed by atoms with E-state index >= 15 is 0 Å². The van der Waals surface area contributed by atoms with Crippen molar-refractivity contribution in [3.63, 3.8) is 0 Å². The molecule has 0 radical (unpaired) electrons. The molecule has 1 N–H and O–H groups in total. The lowest BCUT2D eigenvalue weighted by Gasteiger charge is -2.46. The maximum atomic E-state index is 12.8. The van der Waals surface area contributed by atoms with E-state index in [9.17, 15) is 14.7 Å². The first-order valence-electron chi connectivity index (χ1n) is 15.5. The van der Waals surface area contributed by atoms with Crippen LogP contribution in [0, 0.1) is 41.4 Å². The average molecular weight is 561 g/mol. The largest absolute Gasteiger partial charge is 0.458 e. The third kappa shape index (κ3) is 9.87. The summed E-state index contributed by atoms with van der Waals surface area (Å²) in [6.45, 7) is 16.1. The molecular formula is C34H56O6. The lowest BCUT2D eigenvalue weighted by Crippen LogP contribution is -2.45. The molecule has 11 unspecified atom stereocenters. The van der Waals surface area contributed by atoms with E-state index in [1.165, 1.54) is 6.92 Å². The van der Waals surface area contributed by atoms with Gasteiger partial charge in [-0.25, -0.2) is 0 Å². The third-order valence-corrected chi connectivity index (χ3v) is 9.38. The van der Waals surface area contributed by atoms with Crippen LogP contribution >= 0.6 is 0 Å². The number of methoxy groups -OCH3 is 1. The van der Waals surface area contributed by atoms with Crippen molar-refractivity contribution in [1.29, 1.82) is 0 Å². The van der Waals surface area contributed by atoms with Gasteiger partial charge >= 0.3 is 11.9 Å². The Morgan fingerprint density at radius 3 is 2.35 bits per heavy atom. The van der Waals surface area contributed by atoms with Gasteiger partial charge in [0.25, 0.3) is 0 Å². The summed E-state index contributed by atoms with van der Waals surface area (Å²) in [4.78, 5) is 24.5. The monoisotopic (exact) mass is 560 g/mol. The van der Waals surface area contributed by atoms with Crippen LogP contribution in [0.15, 0.2) is 36.0 Å². The van der Waals surface area contributed by atoms with Crippen molar-refractivity contribution in [2.45, 2.75) is 118 Å². The van der Waals surface area contributed by atoms with E-state index in [1.807, 2.05) is 38.2 Å². The van der Waals surface area contributed by atoms with Crippen molar-refractivity contribution < 1.29 is 28.9 Å². The van der Waals surface area contributed by atoms with E-state index in [4.69, 9.17) is 14.2 Å². The number of allylic oxidation sites excluding steroid dienone is 2. The van der Waals surface area contributed by atoms with E-state index in [2.05, 4.69) is 40.7 Å². The molecule has 2 rings (SSSR count).